The summed E-state index contributed by atoms with van der Waals surface area (Å²) in [4.78, 5) is 2.86. The summed E-state index contributed by atoms with van der Waals surface area (Å²) in [5, 5.41) is 0. The Morgan fingerprint density at radius 2 is 1.79 bits per heavy atom. The highest BCUT2D eigenvalue weighted by atomic mass is 32.1. The molecule has 0 amide bonds. The lowest BCUT2D eigenvalue weighted by Gasteiger charge is -2.07. The number of hydrogen-bond acceptors (Lipinski definition) is 1. The van der Waals surface area contributed by atoms with Crippen LogP contribution in [0.4, 0.5) is 13.2 Å². The number of imidazole rings is 1. The van der Waals surface area contributed by atoms with E-state index in [1.165, 1.54) is 4.57 Å². The van der Waals surface area contributed by atoms with Gasteiger partial charge in [0.15, 0.2) is 16.4 Å². The van der Waals surface area contributed by atoms with Gasteiger partial charge in [0.05, 0.1) is 16.7 Å². The number of nitrogens with zero attached hydrogens (tertiary/aromatic N) is 1. The maximum atomic E-state index is 13.8. The number of fused-ring (bicyclic) bond motifs is 1. The van der Waals surface area contributed by atoms with E-state index in [1.54, 1.807) is 24.3 Å². The fraction of sp³-hybridized carbons (Fsp3) is 0. The second-order valence-electron chi connectivity index (χ2n) is 4.00. The van der Waals surface area contributed by atoms with Crippen molar-refractivity contribution in [3.63, 3.8) is 0 Å². The van der Waals surface area contributed by atoms with Crippen molar-refractivity contribution in [3.8, 4) is 5.69 Å². The molecule has 6 heteroatoms. The molecule has 1 heterocycles. The van der Waals surface area contributed by atoms with Crippen LogP contribution in [0.5, 0.6) is 0 Å². The molecule has 19 heavy (non-hydrogen) atoms. The first-order valence-electron chi connectivity index (χ1n) is 5.42. The molecule has 3 aromatic rings. The van der Waals surface area contributed by atoms with Crippen molar-refractivity contribution in [2.24, 2.45) is 0 Å². The van der Waals surface area contributed by atoms with E-state index < -0.39 is 17.5 Å². The van der Waals surface area contributed by atoms with Crippen LogP contribution in [0.25, 0.3) is 16.7 Å². The van der Waals surface area contributed by atoms with Gasteiger partial charge in [-0.1, -0.05) is 12.1 Å². The van der Waals surface area contributed by atoms with Crippen LogP contribution < -0.4 is 0 Å². The van der Waals surface area contributed by atoms with Gasteiger partial charge < -0.3 is 4.98 Å². The monoisotopic (exact) mass is 280 g/mol. The van der Waals surface area contributed by atoms with E-state index in [1.807, 2.05) is 0 Å². The van der Waals surface area contributed by atoms with Crippen molar-refractivity contribution in [1.82, 2.24) is 9.55 Å². The number of benzene rings is 2. The number of aromatic nitrogens is 2. The van der Waals surface area contributed by atoms with Gasteiger partial charge in [-0.2, -0.15) is 0 Å². The zero-order valence-corrected chi connectivity index (χ0v) is 10.3. The molecule has 2 aromatic carbocycles. The number of H-pyrrole nitrogens is 1. The Balaban J connectivity index is 2.43. The molecule has 0 saturated heterocycles. The molecule has 96 valence electrons. The van der Waals surface area contributed by atoms with Crippen molar-refractivity contribution in [2.75, 3.05) is 0 Å². The van der Waals surface area contributed by atoms with Crippen molar-refractivity contribution in [1.29, 1.82) is 0 Å². The zero-order chi connectivity index (χ0) is 13.6. The number of aromatic amines is 1. The molecule has 1 N–H and O–H groups in total. The Hall–Kier alpha value is -2.08. The molecule has 0 aliphatic carbocycles. The third kappa shape index (κ3) is 1.84. The first-order chi connectivity index (χ1) is 9.08. The predicted molar refractivity (Wildman–Crippen MR) is 68.3 cm³/mol. The Morgan fingerprint density at radius 1 is 1.05 bits per heavy atom. The maximum Gasteiger partial charge on any atom is 0.183 e. The minimum absolute atomic E-state index is 0.171. The number of rotatable bonds is 1. The van der Waals surface area contributed by atoms with Crippen molar-refractivity contribution in [2.45, 2.75) is 0 Å². The van der Waals surface area contributed by atoms with Gasteiger partial charge in [-0.3, -0.25) is 4.57 Å². The molecule has 0 bridgehead atoms. The Bertz CT molecular complexity index is 836. The third-order valence-electron chi connectivity index (χ3n) is 2.80. The smallest absolute Gasteiger partial charge is 0.183 e. The van der Waals surface area contributed by atoms with Crippen LogP contribution in [-0.4, -0.2) is 9.55 Å². The standard InChI is InChI=1S/C13H7F3N2S/c14-7-5-8(15)12(16)11(6-7)18-10-4-2-1-3-9(10)17-13(18)19/h1-6H,(H,17,19). The highest BCUT2D eigenvalue weighted by Crippen LogP contribution is 2.23. The Labute approximate surface area is 111 Å². The highest BCUT2D eigenvalue weighted by molar-refractivity contribution is 7.71. The van der Waals surface area contributed by atoms with E-state index in [0.717, 1.165) is 6.07 Å². The molecule has 3 rings (SSSR count). The third-order valence-corrected chi connectivity index (χ3v) is 3.09. The number of halogens is 3. The summed E-state index contributed by atoms with van der Waals surface area (Å²) in [6.45, 7) is 0. The fourth-order valence-electron chi connectivity index (χ4n) is 2.00. The molecule has 1 aromatic heterocycles. The average molecular weight is 280 g/mol. The van der Waals surface area contributed by atoms with Crippen LogP contribution in [0.1, 0.15) is 0 Å². The number of nitrogens with one attached hydrogen (secondary N) is 1. The van der Waals surface area contributed by atoms with E-state index >= 15 is 0 Å². The lowest BCUT2D eigenvalue weighted by atomic mass is 10.2. The molecule has 0 atom stereocenters. The predicted octanol–water partition coefficient (Wildman–Crippen LogP) is 4.11. The van der Waals surface area contributed by atoms with E-state index in [4.69, 9.17) is 12.2 Å². The summed E-state index contributed by atoms with van der Waals surface area (Å²) in [6, 6.07) is 8.35. The average Bonchev–Trinajstić information content (AvgIpc) is 2.70. The normalized spacial score (nSPS) is 11.1. The van der Waals surface area contributed by atoms with Crippen LogP contribution in [0.15, 0.2) is 36.4 Å². The molecule has 0 radical (unpaired) electrons. The molecule has 0 fully saturated rings. The van der Waals surface area contributed by atoms with Crippen LogP contribution >= 0.6 is 12.2 Å². The Morgan fingerprint density at radius 3 is 2.58 bits per heavy atom. The molecule has 0 aliphatic heterocycles. The minimum atomic E-state index is -1.25. The van der Waals surface area contributed by atoms with E-state index in [0.29, 0.717) is 17.1 Å². The number of hydrogen-bond donors (Lipinski definition) is 1. The molecule has 0 unspecified atom stereocenters. The fourth-order valence-corrected chi connectivity index (χ4v) is 2.31. The van der Waals surface area contributed by atoms with E-state index in [9.17, 15) is 13.2 Å². The van der Waals surface area contributed by atoms with Gasteiger partial charge in [-0.25, -0.2) is 13.2 Å². The molecular weight excluding hydrogens is 273 g/mol. The van der Waals surface area contributed by atoms with Crippen molar-refractivity contribution >= 4 is 23.3 Å². The molecule has 0 saturated carbocycles. The molecule has 2 nitrogen and oxygen atoms in total. The lowest BCUT2D eigenvalue weighted by Crippen LogP contribution is -2.01. The molecule has 0 aliphatic rings. The Kier molecular flexibility index (Phi) is 2.67. The quantitative estimate of drug-likeness (QED) is 0.525. The van der Waals surface area contributed by atoms with Crippen molar-refractivity contribution in [3.05, 3.63) is 58.6 Å². The summed E-state index contributed by atoms with van der Waals surface area (Å²) in [6.07, 6.45) is 0. The van der Waals surface area contributed by atoms with Gasteiger partial charge in [-0.05, 0) is 24.4 Å². The summed E-state index contributed by atoms with van der Waals surface area (Å²) >= 11 is 5.08. The lowest BCUT2D eigenvalue weighted by molar-refractivity contribution is 0.491. The van der Waals surface area contributed by atoms with Gasteiger partial charge in [0.1, 0.15) is 5.82 Å². The zero-order valence-electron chi connectivity index (χ0n) is 9.45. The minimum Gasteiger partial charge on any atom is -0.330 e. The topological polar surface area (TPSA) is 20.7 Å². The molecular formula is C13H7F3N2S. The maximum absolute atomic E-state index is 13.8. The van der Waals surface area contributed by atoms with Gasteiger partial charge in [0.25, 0.3) is 0 Å². The van der Waals surface area contributed by atoms with Crippen molar-refractivity contribution < 1.29 is 13.2 Å². The van der Waals surface area contributed by atoms with E-state index in [2.05, 4.69) is 4.98 Å². The highest BCUT2D eigenvalue weighted by Gasteiger charge is 2.15. The van der Waals surface area contributed by atoms with Gasteiger partial charge in [0.2, 0.25) is 0 Å². The van der Waals surface area contributed by atoms with E-state index in [-0.39, 0.29) is 10.5 Å². The SMILES string of the molecule is Fc1cc(F)c(F)c(-n2c(=S)[nH]c3ccccc32)c1. The van der Waals surface area contributed by atoms with Gasteiger partial charge >= 0.3 is 0 Å². The van der Waals surface area contributed by atoms with Gasteiger partial charge in [0, 0.05) is 12.1 Å². The summed E-state index contributed by atoms with van der Waals surface area (Å²) in [5.41, 5.74) is 0.966. The summed E-state index contributed by atoms with van der Waals surface area (Å²) in [5.74, 6) is -3.24. The first kappa shape index (κ1) is 12.0. The largest absolute Gasteiger partial charge is 0.330 e. The summed E-state index contributed by atoms with van der Waals surface area (Å²) < 4.78 is 41.8. The van der Waals surface area contributed by atoms with Crippen LogP contribution in [-0.2, 0) is 0 Å². The second-order valence-corrected chi connectivity index (χ2v) is 4.39. The summed E-state index contributed by atoms with van der Waals surface area (Å²) in [7, 11) is 0. The second kappa shape index (κ2) is 4.24. The van der Waals surface area contributed by atoms with Crippen LogP contribution in [0.3, 0.4) is 0 Å². The van der Waals surface area contributed by atoms with Crippen LogP contribution in [0.2, 0.25) is 0 Å². The van der Waals surface area contributed by atoms with Crippen LogP contribution in [0, 0.1) is 22.2 Å². The van der Waals surface area contributed by atoms with Gasteiger partial charge in [-0.15, -0.1) is 0 Å². The molecule has 0 spiro atoms. The first-order valence-corrected chi connectivity index (χ1v) is 5.83. The number of para-hydroxylation sites is 2.